The molecule has 0 bridgehead atoms. The Kier molecular flexibility index (Phi) is 3.05. The molecule has 1 aliphatic rings. The Hall–Kier alpha value is -2.14. The molecule has 0 spiro atoms. The summed E-state index contributed by atoms with van der Waals surface area (Å²) >= 11 is 0. The normalized spacial score (nSPS) is 14.1. The topological polar surface area (TPSA) is 72.9 Å². The van der Waals surface area contributed by atoms with E-state index in [4.69, 9.17) is 5.73 Å². The molecule has 1 aromatic heterocycles. The SMILES string of the molecule is NCCn1cnc(-c2ccc3c(c2)CCC(=O)N3)c1. The number of hydrogen-bond donors (Lipinski definition) is 2. The third-order valence-electron chi connectivity index (χ3n) is 3.32. The fraction of sp³-hybridized carbons (Fsp3) is 0.286. The van der Waals surface area contributed by atoms with E-state index in [0.29, 0.717) is 13.0 Å². The van der Waals surface area contributed by atoms with Gasteiger partial charge in [0.1, 0.15) is 0 Å². The highest BCUT2D eigenvalue weighted by Gasteiger charge is 2.15. The molecule has 1 amide bonds. The third-order valence-corrected chi connectivity index (χ3v) is 3.32. The number of carbonyl (C=O) groups excluding carboxylic acids is 1. The van der Waals surface area contributed by atoms with E-state index in [9.17, 15) is 4.79 Å². The summed E-state index contributed by atoms with van der Waals surface area (Å²) in [4.78, 5) is 15.7. The van der Waals surface area contributed by atoms with Crippen LogP contribution in [0.25, 0.3) is 11.3 Å². The molecule has 3 rings (SSSR count). The number of imidazole rings is 1. The van der Waals surface area contributed by atoms with E-state index < -0.39 is 0 Å². The highest BCUT2D eigenvalue weighted by atomic mass is 16.1. The first-order chi connectivity index (χ1) is 9.26. The number of aryl methyl sites for hydroxylation is 1. The molecule has 98 valence electrons. The van der Waals surface area contributed by atoms with Crippen molar-refractivity contribution in [2.45, 2.75) is 19.4 Å². The maximum atomic E-state index is 11.3. The number of nitrogens with two attached hydrogens (primary N) is 1. The highest BCUT2D eigenvalue weighted by molar-refractivity contribution is 5.94. The van der Waals surface area contributed by atoms with Crippen molar-refractivity contribution in [2.24, 2.45) is 5.73 Å². The van der Waals surface area contributed by atoms with Crippen molar-refractivity contribution in [3.63, 3.8) is 0 Å². The van der Waals surface area contributed by atoms with Gasteiger partial charge < -0.3 is 15.6 Å². The highest BCUT2D eigenvalue weighted by Crippen LogP contribution is 2.27. The molecule has 0 saturated carbocycles. The lowest BCUT2D eigenvalue weighted by atomic mass is 9.99. The zero-order chi connectivity index (χ0) is 13.2. The van der Waals surface area contributed by atoms with Crippen LogP contribution in [0.1, 0.15) is 12.0 Å². The molecule has 5 nitrogen and oxygen atoms in total. The fourth-order valence-corrected chi connectivity index (χ4v) is 2.32. The lowest BCUT2D eigenvalue weighted by Crippen LogP contribution is -2.18. The monoisotopic (exact) mass is 256 g/mol. The summed E-state index contributed by atoms with van der Waals surface area (Å²) in [7, 11) is 0. The lowest BCUT2D eigenvalue weighted by molar-refractivity contribution is -0.116. The Morgan fingerprint density at radius 3 is 3.11 bits per heavy atom. The van der Waals surface area contributed by atoms with Crippen molar-refractivity contribution in [1.82, 2.24) is 9.55 Å². The molecule has 0 atom stereocenters. The van der Waals surface area contributed by atoms with Crippen molar-refractivity contribution in [3.8, 4) is 11.3 Å². The Balaban J connectivity index is 1.90. The van der Waals surface area contributed by atoms with E-state index in [-0.39, 0.29) is 5.91 Å². The summed E-state index contributed by atoms with van der Waals surface area (Å²) in [6, 6.07) is 6.03. The van der Waals surface area contributed by atoms with E-state index in [1.807, 2.05) is 22.9 Å². The van der Waals surface area contributed by atoms with Gasteiger partial charge in [0.25, 0.3) is 0 Å². The van der Waals surface area contributed by atoms with Crippen molar-refractivity contribution in [3.05, 3.63) is 36.3 Å². The van der Waals surface area contributed by atoms with Crippen molar-refractivity contribution in [1.29, 1.82) is 0 Å². The number of rotatable bonds is 3. The molecule has 0 saturated heterocycles. The molecule has 19 heavy (non-hydrogen) atoms. The van der Waals surface area contributed by atoms with Gasteiger partial charge in [-0.3, -0.25) is 4.79 Å². The predicted octanol–water partition coefficient (Wildman–Crippen LogP) is 1.39. The van der Waals surface area contributed by atoms with Crippen LogP contribution in [0.3, 0.4) is 0 Å². The molecule has 1 aliphatic heterocycles. The fourth-order valence-electron chi connectivity index (χ4n) is 2.32. The Labute approximate surface area is 111 Å². The standard InChI is InChI=1S/C14H16N4O/c15-5-6-18-8-13(16-9-18)11-1-3-12-10(7-11)2-4-14(19)17-12/h1,3,7-9H,2,4-6,15H2,(H,17,19). The zero-order valence-electron chi connectivity index (χ0n) is 10.6. The minimum absolute atomic E-state index is 0.0903. The second kappa shape index (κ2) is 4.85. The number of aromatic nitrogens is 2. The molecule has 0 unspecified atom stereocenters. The van der Waals surface area contributed by atoms with Gasteiger partial charge >= 0.3 is 0 Å². The van der Waals surface area contributed by atoms with Gasteiger partial charge in [0.15, 0.2) is 0 Å². The van der Waals surface area contributed by atoms with Crippen molar-refractivity contribution < 1.29 is 4.79 Å². The largest absolute Gasteiger partial charge is 0.336 e. The molecule has 5 heteroatoms. The maximum Gasteiger partial charge on any atom is 0.224 e. The van der Waals surface area contributed by atoms with Gasteiger partial charge in [-0.1, -0.05) is 6.07 Å². The number of benzene rings is 1. The van der Waals surface area contributed by atoms with Crippen LogP contribution in [0, 0.1) is 0 Å². The first kappa shape index (κ1) is 11.9. The van der Waals surface area contributed by atoms with Gasteiger partial charge in [-0.15, -0.1) is 0 Å². The second-order valence-electron chi connectivity index (χ2n) is 4.71. The van der Waals surface area contributed by atoms with Gasteiger partial charge in [0, 0.05) is 37.0 Å². The van der Waals surface area contributed by atoms with Crippen LogP contribution in [0.5, 0.6) is 0 Å². The number of nitrogens with zero attached hydrogens (tertiary/aromatic N) is 2. The van der Waals surface area contributed by atoms with Crippen molar-refractivity contribution in [2.75, 3.05) is 11.9 Å². The molecule has 1 aromatic carbocycles. The molecule has 0 aliphatic carbocycles. The third kappa shape index (κ3) is 2.37. The summed E-state index contributed by atoms with van der Waals surface area (Å²) in [6.07, 6.45) is 5.13. The number of amides is 1. The number of hydrogen-bond acceptors (Lipinski definition) is 3. The van der Waals surface area contributed by atoms with Crippen LogP contribution in [-0.4, -0.2) is 22.0 Å². The molecular formula is C14H16N4O. The van der Waals surface area contributed by atoms with Gasteiger partial charge in [-0.25, -0.2) is 4.98 Å². The van der Waals surface area contributed by atoms with Crippen molar-refractivity contribution >= 4 is 11.6 Å². The maximum absolute atomic E-state index is 11.3. The minimum atomic E-state index is 0.0903. The molecule has 0 fully saturated rings. The molecule has 2 heterocycles. The van der Waals surface area contributed by atoms with E-state index in [1.165, 1.54) is 5.56 Å². The lowest BCUT2D eigenvalue weighted by Gasteiger charge is -2.17. The quantitative estimate of drug-likeness (QED) is 0.871. The summed E-state index contributed by atoms with van der Waals surface area (Å²) in [5.74, 6) is 0.0903. The van der Waals surface area contributed by atoms with Crippen LogP contribution in [-0.2, 0) is 17.8 Å². The zero-order valence-corrected chi connectivity index (χ0v) is 10.6. The number of nitrogens with one attached hydrogen (secondary N) is 1. The number of anilines is 1. The van der Waals surface area contributed by atoms with E-state index >= 15 is 0 Å². The Morgan fingerprint density at radius 2 is 2.26 bits per heavy atom. The second-order valence-corrected chi connectivity index (χ2v) is 4.71. The number of carbonyl (C=O) groups is 1. The minimum Gasteiger partial charge on any atom is -0.336 e. The van der Waals surface area contributed by atoms with Gasteiger partial charge in [-0.05, 0) is 24.1 Å². The number of fused-ring (bicyclic) bond motifs is 1. The molecule has 0 radical (unpaired) electrons. The molecule has 2 aromatic rings. The predicted molar refractivity (Wildman–Crippen MR) is 73.7 cm³/mol. The summed E-state index contributed by atoms with van der Waals surface area (Å²) in [5, 5.41) is 2.88. The van der Waals surface area contributed by atoms with Crippen LogP contribution in [0.2, 0.25) is 0 Å². The Bertz CT molecular complexity index is 618. The average molecular weight is 256 g/mol. The van der Waals surface area contributed by atoms with Crippen LogP contribution in [0.4, 0.5) is 5.69 Å². The van der Waals surface area contributed by atoms with E-state index in [1.54, 1.807) is 6.33 Å². The summed E-state index contributed by atoms with van der Waals surface area (Å²) in [5.41, 5.74) is 9.63. The summed E-state index contributed by atoms with van der Waals surface area (Å²) in [6.45, 7) is 1.38. The smallest absolute Gasteiger partial charge is 0.224 e. The summed E-state index contributed by atoms with van der Waals surface area (Å²) < 4.78 is 1.98. The van der Waals surface area contributed by atoms with E-state index in [0.717, 1.165) is 29.9 Å². The van der Waals surface area contributed by atoms with Gasteiger partial charge in [0.2, 0.25) is 5.91 Å². The Morgan fingerprint density at radius 1 is 1.37 bits per heavy atom. The van der Waals surface area contributed by atoms with Crippen LogP contribution in [0.15, 0.2) is 30.7 Å². The first-order valence-electron chi connectivity index (χ1n) is 6.41. The van der Waals surface area contributed by atoms with Gasteiger partial charge in [-0.2, -0.15) is 0 Å². The van der Waals surface area contributed by atoms with Gasteiger partial charge in [0.05, 0.1) is 12.0 Å². The molecular weight excluding hydrogens is 240 g/mol. The molecule has 3 N–H and O–H groups in total. The van der Waals surface area contributed by atoms with Crippen LogP contribution >= 0.6 is 0 Å². The van der Waals surface area contributed by atoms with Crippen LogP contribution < -0.4 is 11.1 Å². The first-order valence-corrected chi connectivity index (χ1v) is 6.41. The van der Waals surface area contributed by atoms with E-state index in [2.05, 4.69) is 16.4 Å². The average Bonchev–Trinajstić information content (AvgIpc) is 2.87.